The van der Waals surface area contributed by atoms with Crippen molar-refractivity contribution in [3.05, 3.63) is 35.4 Å². The van der Waals surface area contributed by atoms with Crippen LogP contribution >= 0.6 is 0 Å². The molecule has 1 fully saturated rings. The smallest absolute Gasteiger partial charge is 0.216 e. The van der Waals surface area contributed by atoms with E-state index >= 15 is 0 Å². The highest BCUT2D eigenvalue weighted by Crippen LogP contribution is 2.11. The Hall–Kier alpha value is -0.950. The predicted molar refractivity (Wildman–Crippen MR) is 73.9 cm³/mol. The quantitative estimate of drug-likeness (QED) is 0.836. The van der Waals surface area contributed by atoms with E-state index in [4.69, 9.17) is 10.5 Å². The van der Waals surface area contributed by atoms with Gasteiger partial charge in [0.05, 0.1) is 12.4 Å². The van der Waals surface area contributed by atoms with Crippen molar-refractivity contribution in [1.29, 1.82) is 0 Å². The van der Waals surface area contributed by atoms with Gasteiger partial charge in [-0.1, -0.05) is 24.3 Å². The molecule has 1 saturated heterocycles. The summed E-state index contributed by atoms with van der Waals surface area (Å²) in [5.74, 6) is -0.0165. The van der Waals surface area contributed by atoms with Crippen molar-refractivity contribution in [1.82, 2.24) is 4.72 Å². The fourth-order valence-electron chi connectivity index (χ4n) is 2.20. The van der Waals surface area contributed by atoms with Crippen LogP contribution in [-0.4, -0.2) is 27.7 Å². The fourth-order valence-corrected chi connectivity index (χ4v) is 3.59. The van der Waals surface area contributed by atoms with Gasteiger partial charge in [-0.25, -0.2) is 13.1 Å². The molecule has 0 amide bonds. The topological polar surface area (TPSA) is 81.4 Å². The molecule has 1 aromatic carbocycles. The molecule has 0 spiro atoms. The van der Waals surface area contributed by atoms with E-state index in [2.05, 4.69) is 4.72 Å². The maximum Gasteiger partial charge on any atom is 0.216 e. The second-order valence-electron chi connectivity index (χ2n) is 4.82. The van der Waals surface area contributed by atoms with Crippen molar-refractivity contribution in [2.45, 2.75) is 31.2 Å². The zero-order valence-corrected chi connectivity index (χ0v) is 11.7. The molecular formula is C13H20N2O3S. The number of hydrogen-bond donors (Lipinski definition) is 2. The van der Waals surface area contributed by atoms with Gasteiger partial charge in [0.2, 0.25) is 10.0 Å². The minimum absolute atomic E-state index is 0.0165. The summed E-state index contributed by atoms with van der Waals surface area (Å²) in [6.07, 6.45) is 1.73. The normalized spacial score (nSPS) is 20.4. The highest BCUT2D eigenvalue weighted by Gasteiger charge is 2.20. The van der Waals surface area contributed by atoms with E-state index in [1.807, 2.05) is 18.2 Å². The lowest BCUT2D eigenvalue weighted by Crippen LogP contribution is -2.41. The standard InChI is InChI=1S/C13H20N2O3S/c14-8-11-3-1-4-12(7-11)10-19(16,17)15-13-5-2-6-18-9-13/h1,3-4,7,13,15H,2,5-6,8-10,14H2. The van der Waals surface area contributed by atoms with Gasteiger partial charge in [-0.05, 0) is 24.0 Å². The first-order chi connectivity index (χ1) is 9.09. The van der Waals surface area contributed by atoms with Gasteiger partial charge in [0.15, 0.2) is 0 Å². The van der Waals surface area contributed by atoms with Crippen molar-refractivity contribution in [3.8, 4) is 0 Å². The Morgan fingerprint density at radius 2 is 2.16 bits per heavy atom. The van der Waals surface area contributed by atoms with Crippen LogP contribution in [-0.2, 0) is 27.1 Å². The predicted octanol–water partition coefficient (Wildman–Crippen LogP) is 0.744. The summed E-state index contributed by atoms with van der Waals surface area (Å²) in [4.78, 5) is 0. The molecule has 5 nitrogen and oxygen atoms in total. The summed E-state index contributed by atoms with van der Waals surface area (Å²) in [7, 11) is -3.33. The molecule has 1 aromatic rings. The van der Waals surface area contributed by atoms with Crippen LogP contribution in [0.25, 0.3) is 0 Å². The minimum Gasteiger partial charge on any atom is -0.380 e. The van der Waals surface area contributed by atoms with E-state index in [1.54, 1.807) is 6.07 Å². The number of benzene rings is 1. The Kier molecular flexibility index (Phi) is 4.93. The van der Waals surface area contributed by atoms with Crippen molar-refractivity contribution < 1.29 is 13.2 Å². The molecule has 1 heterocycles. The summed E-state index contributed by atoms with van der Waals surface area (Å²) in [5, 5.41) is 0. The highest BCUT2D eigenvalue weighted by atomic mass is 32.2. The lowest BCUT2D eigenvalue weighted by atomic mass is 10.1. The van der Waals surface area contributed by atoms with Crippen LogP contribution < -0.4 is 10.5 Å². The van der Waals surface area contributed by atoms with E-state index in [0.717, 1.165) is 30.6 Å². The number of rotatable bonds is 5. The molecule has 0 aliphatic carbocycles. The molecule has 19 heavy (non-hydrogen) atoms. The van der Waals surface area contributed by atoms with Crippen LogP contribution in [0.15, 0.2) is 24.3 Å². The Morgan fingerprint density at radius 3 is 2.84 bits per heavy atom. The van der Waals surface area contributed by atoms with Crippen LogP contribution in [0.3, 0.4) is 0 Å². The van der Waals surface area contributed by atoms with E-state index in [1.165, 1.54) is 0 Å². The average molecular weight is 284 g/mol. The molecule has 0 aromatic heterocycles. The third kappa shape index (κ3) is 4.58. The largest absolute Gasteiger partial charge is 0.380 e. The van der Waals surface area contributed by atoms with Gasteiger partial charge in [-0.2, -0.15) is 0 Å². The third-order valence-corrected chi connectivity index (χ3v) is 4.50. The van der Waals surface area contributed by atoms with E-state index in [0.29, 0.717) is 13.2 Å². The van der Waals surface area contributed by atoms with Crippen LogP contribution in [0, 0.1) is 0 Å². The minimum atomic E-state index is -3.33. The number of hydrogen-bond acceptors (Lipinski definition) is 4. The summed E-state index contributed by atoms with van der Waals surface area (Å²) < 4.78 is 32.1. The molecule has 0 radical (unpaired) electrons. The molecule has 2 rings (SSSR count). The van der Waals surface area contributed by atoms with Crippen LogP contribution in [0.1, 0.15) is 24.0 Å². The molecule has 0 saturated carbocycles. The lowest BCUT2D eigenvalue weighted by molar-refractivity contribution is 0.0774. The fraction of sp³-hybridized carbons (Fsp3) is 0.538. The Balaban J connectivity index is 1.99. The summed E-state index contributed by atoms with van der Waals surface area (Å²) in [6, 6.07) is 7.25. The zero-order valence-electron chi connectivity index (χ0n) is 10.8. The SMILES string of the molecule is NCc1cccc(CS(=O)(=O)NC2CCCOC2)c1. The molecule has 6 heteroatoms. The molecule has 1 atom stereocenters. The molecule has 1 aliphatic heterocycles. The highest BCUT2D eigenvalue weighted by molar-refractivity contribution is 7.88. The number of nitrogens with one attached hydrogen (secondary N) is 1. The van der Waals surface area contributed by atoms with Gasteiger partial charge in [-0.3, -0.25) is 0 Å². The molecular weight excluding hydrogens is 264 g/mol. The van der Waals surface area contributed by atoms with Crippen molar-refractivity contribution in [2.75, 3.05) is 13.2 Å². The summed E-state index contributed by atoms with van der Waals surface area (Å²) >= 11 is 0. The monoisotopic (exact) mass is 284 g/mol. The molecule has 3 N–H and O–H groups in total. The van der Waals surface area contributed by atoms with Crippen LogP contribution in [0.5, 0.6) is 0 Å². The van der Waals surface area contributed by atoms with Crippen molar-refractivity contribution in [2.24, 2.45) is 5.73 Å². The number of nitrogens with two attached hydrogens (primary N) is 1. The first-order valence-electron chi connectivity index (χ1n) is 6.45. The first-order valence-corrected chi connectivity index (χ1v) is 8.10. The van der Waals surface area contributed by atoms with Gasteiger partial charge in [0.1, 0.15) is 0 Å². The Bertz CT molecular complexity index is 510. The van der Waals surface area contributed by atoms with Crippen molar-refractivity contribution >= 4 is 10.0 Å². The van der Waals surface area contributed by atoms with E-state index in [9.17, 15) is 8.42 Å². The zero-order chi connectivity index (χ0) is 13.7. The number of sulfonamides is 1. The van der Waals surface area contributed by atoms with Crippen LogP contribution in [0.2, 0.25) is 0 Å². The second kappa shape index (κ2) is 6.47. The van der Waals surface area contributed by atoms with Gasteiger partial charge < -0.3 is 10.5 Å². The molecule has 106 valence electrons. The average Bonchev–Trinajstić information content (AvgIpc) is 2.39. The molecule has 1 aliphatic rings. The number of ether oxygens (including phenoxy) is 1. The Labute approximate surface area is 114 Å². The first kappa shape index (κ1) is 14.5. The van der Waals surface area contributed by atoms with Gasteiger partial charge in [-0.15, -0.1) is 0 Å². The van der Waals surface area contributed by atoms with E-state index in [-0.39, 0.29) is 11.8 Å². The van der Waals surface area contributed by atoms with Crippen molar-refractivity contribution in [3.63, 3.8) is 0 Å². The molecule has 0 bridgehead atoms. The third-order valence-electron chi connectivity index (χ3n) is 3.09. The lowest BCUT2D eigenvalue weighted by Gasteiger charge is -2.23. The summed E-state index contributed by atoms with van der Waals surface area (Å²) in [5.41, 5.74) is 7.25. The maximum absolute atomic E-state index is 12.1. The van der Waals surface area contributed by atoms with Crippen LogP contribution in [0.4, 0.5) is 0 Å². The van der Waals surface area contributed by atoms with E-state index < -0.39 is 10.0 Å². The van der Waals surface area contributed by atoms with Gasteiger partial charge >= 0.3 is 0 Å². The van der Waals surface area contributed by atoms with Gasteiger partial charge in [0, 0.05) is 19.2 Å². The second-order valence-corrected chi connectivity index (χ2v) is 6.57. The maximum atomic E-state index is 12.1. The summed E-state index contributed by atoms with van der Waals surface area (Å²) in [6.45, 7) is 1.59. The molecule has 1 unspecified atom stereocenters. The Morgan fingerprint density at radius 1 is 1.37 bits per heavy atom. The van der Waals surface area contributed by atoms with Gasteiger partial charge in [0.25, 0.3) is 0 Å².